The van der Waals surface area contributed by atoms with E-state index >= 15 is 0 Å². The van der Waals surface area contributed by atoms with Gasteiger partial charge < -0.3 is 16.2 Å². The van der Waals surface area contributed by atoms with Gasteiger partial charge in [-0.05, 0) is 74.9 Å². The van der Waals surface area contributed by atoms with E-state index in [1.807, 2.05) is 37.3 Å². The summed E-state index contributed by atoms with van der Waals surface area (Å²) in [5.74, 6) is -0.532. The first-order valence-corrected chi connectivity index (χ1v) is 13.9. The van der Waals surface area contributed by atoms with Crippen LogP contribution in [0.25, 0.3) is 0 Å². The third-order valence-corrected chi connectivity index (χ3v) is 7.53. The van der Waals surface area contributed by atoms with Crippen LogP contribution < -0.4 is 11.1 Å². The van der Waals surface area contributed by atoms with Crippen molar-refractivity contribution in [2.75, 3.05) is 26.2 Å². The molecule has 38 heavy (non-hydrogen) atoms. The standard InChI is InChI=1S/C31H44N4O3/c1-3-5-9-18-35(23-25-10-7-6-8-11-25)28(4-2)29(32)30(36)33-21-24-16-19-34(20-17-24)22-26-12-14-27(15-13-26)31(37)38/h3,5-8,10-15,24,28-29H,4,9,16-23,32H2,1-2H3,(H,33,36)(H,37,38). The molecule has 206 valence electrons. The Labute approximate surface area is 227 Å². The van der Waals surface area contributed by atoms with E-state index in [9.17, 15) is 9.59 Å². The monoisotopic (exact) mass is 520 g/mol. The quantitative estimate of drug-likeness (QED) is 0.322. The topological polar surface area (TPSA) is 98.9 Å². The van der Waals surface area contributed by atoms with Gasteiger partial charge in [-0.25, -0.2) is 4.79 Å². The number of likely N-dealkylation sites (tertiary alicyclic amines) is 1. The molecule has 1 aliphatic rings. The maximum atomic E-state index is 13.1. The van der Waals surface area contributed by atoms with Crippen LogP contribution in [0.5, 0.6) is 0 Å². The molecule has 0 spiro atoms. The molecule has 0 aliphatic carbocycles. The van der Waals surface area contributed by atoms with E-state index in [4.69, 9.17) is 10.8 Å². The van der Waals surface area contributed by atoms with Crippen molar-refractivity contribution in [1.29, 1.82) is 0 Å². The van der Waals surface area contributed by atoms with E-state index < -0.39 is 12.0 Å². The van der Waals surface area contributed by atoms with Gasteiger partial charge in [-0.15, -0.1) is 0 Å². The van der Waals surface area contributed by atoms with Crippen molar-refractivity contribution in [1.82, 2.24) is 15.1 Å². The minimum absolute atomic E-state index is 0.0326. The summed E-state index contributed by atoms with van der Waals surface area (Å²) in [5, 5.41) is 12.2. The van der Waals surface area contributed by atoms with Crippen molar-refractivity contribution in [2.24, 2.45) is 11.7 Å². The van der Waals surface area contributed by atoms with Gasteiger partial charge in [0.25, 0.3) is 0 Å². The number of hydrogen-bond donors (Lipinski definition) is 3. The second-order valence-electron chi connectivity index (χ2n) is 10.3. The second kappa shape index (κ2) is 15.4. The Balaban J connectivity index is 1.48. The molecule has 1 amide bonds. The summed E-state index contributed by atoms with van der Waals surface area (Å²) in [5.41, 5.74) is 9.22. The number of carbonyl (C=O) groups excluding carboxylic acids is 1. The number of allylic oxidation sites excluding steroid dienone is 1. The minimum atomic E-state index is -0.901. The molecule has 4 N–H and O–H groups in total. The van der Waals surface area contributed by atoms with Crippen molar-refractivity contribution in [2.45, 2.75) is 64.7 Å². The normalized spacial score (nSPS) is 16.5. The summed E-state index contributed by atoms with van der Waals surface area (Å²) in [7, 11) is 0. The zero-order valence-corrected chi connectivity index (χ0v) is 22.9. The number of benzene rings is 2. The lowest BCUT2D eigenvalue weighted by Crippen LogP contribution is -2.55. The Bertz CT molecular complexity index is 1020. The second-order valence-corrected chi connectivity index (χ2v) is 10.3. The highest BCUT2D eigenvalue weighted by Gasteiger charge is 2.29. The van der Waals surface area contributed by atoms with Gasteiger partial charge >= 0.3 is 5.97 Å². The summed E-state index contributed by atoms with van der Waals surface area (Å²) in [6, 6.07) is 16.9. The molecule has 2 unspecified atom stereocenters. The largest absolute Gasteiger partial charge is 0.478 e. The third kappa shape index (κ3) is 9.08. The smallest absolute Gasteiger partial charge is 0.335 e. The Morgan fingerprint density at radius 1 is 1.11 bits per heavy atom. The SMILES string of the molecule is CC=CCCN(Cc1ccccc1)C(CC)C(N)C(=O)NCC1CCN(Cc2ccc(C(=O)O)cc2)CC1. The number of amides is 1. The molecule has 0 saturated carbocycles. The maximum Gasteiger partial charge on any atom is 0.335 e. The maximum absolute atomic E-state index is 13.1. The molecule has 1 aliphatic heterocycles. The molecule has 3 rings (SSSR count). The average molecular weight is 521 g/mol. The summed E-state index contributed by atoms with van der Waals surface area (Å²) in [6.45, 7) is 9.15. The Morgan fingerprint density at radius 3 is 2.39 bits per heavy atom. The predicted octanol–water partition coefficient (Wildman–Crippen LogP) is 4.29. The highest BCUT2D eigenvalue weighted by atomic mass is 16.4. The van der Waals surface area contributed by atoms with Crippen LogP contribution in [0.1, 0.15) is 61.0 Å². The lowest BCUT2D eigenvalue weighted by molar-refractivity contribution is -0.124. The molecule has 0 radical (unpaired) electrons. The van der Waals surface area contributed by atoms with Gasteiger partial charge in [0.1, 0.15) is 0 Å². The van der Waals surface area contributed by atoms with Gasteiger partial charge in [0, 0.05) is 32.2 Å². The number of nitrogens with zero attached hydrogens (tertiary/aromatic N) is 2. The molecule has 0 bridgehead atoms. The minimum Gasteiger partial charge on any atom is -0.478 e. The number of rotatable bonds is 14. The number of aromatic carboxylic acids is 1. The van der Waals surface area contributed by atoms with Crippen LogP contribution in [0.15, 0.2) is 66.7 Å². The number of carboxylic acid groups (broad SMARTS) is 1. The number of carboxylic acids is 1. The zero-order chi connectivity index (χ0) is 27.3. The number of carbonyl (C=O) groups is 2. The number of nitrogens with one attached hydrogen (secondary N) is 1. The molecule has 0 aromatic heterocycles. The fraction of sp³-hybridized carbons (Fsp3) is 0.484. The number of nitrogens with two attached hydrogens (primary N) is 1. The first-order valence-electron chi connectivity index (χ1n) is 13.9. The molecule has 1 saturated heterocycles. The van der Waals surface area contributed by atoms with Crippen molar-refractivity contribution >= 4 is 11.9 Å². The van der Waals surface area contributed by atoms with E-state index in [1.165, 1.54) is 5.56 Å². The number of hydrogen-bond acceptors (Lipinski definition) is 5. The van der Waals surface area contributed by atoms with Crippen LogP contribution in [-0.2, 0) is 17.9 Å². The van der Waals surface area contributed by atoms with Crippen molar-refractivity contribution in [3.63, 3.8) is 0 Å². The summed E-state index contributed by atoms with van der Waals surface area (Å²) in [4.78, 5) is 28.9. The first-order chi connectivity index (χ1) is 18.4. The molecular weight excluding hydrogens is 476 g/mol. The van der Waals surface area contributed by atoms with E-state index in [2.05, 4.69) is 46.3 Å². The molecule has 7 heteroatoms. The summed E-state index contributed by atoms with van der Waals surface area (Å²) < 4.78 is 0. The van der Waals surface area contributed by atoms with Crippen LogP contribution >= 0.6 is 0 Å². The van der Waals surface area contributed by atoms with E-state index in [-0.39, 0.29) is 11.9 Å². The molecule has 2 atom stereocenters. The van der Waals surface area contributed by atoms with Crippen LogP contribution in [0.4, 0.5) is 0 Å². The van der Waals surface area contributed by atoms with Crippen molar-refractivity contribution in [3.8, 4) is 0 Å². The van der Waals surface area contributed by atoms with E-state index in [0.29, 0.717) is 18.0 Å². The average Bonchev–Trinajstić information content (AvgIpc) is 2.93. The molecule has 1 fully saturated rings. The molecule has 2 aromatic rings. The first kappa shape index (κ1) is 29.6. The summed E-state index contributed by atoms with van der Waals surface area (Å²) in [6.07, 6.45) is 7.99. The van der Waals surface area contributed by atoms with Crippen molar-refractivity contribution in [3.05, 3.63) is 83.4 Å². The molecule has 1 heterocycles. The van der Waals surface area contributed by atoms with E-state index in [0.717, 1.165) is 64.0 Å². The number of piperidine rings is 1. The van der Waals surface area contributed by atoms with Gasteiger partial charge in [0.2, 0.25) is 5.91 Å². The molecule has 2 aromatic carbocycles. The van der Waals surface area contributed by atoms with Gasteiger partial charge in [0.15, 0.2) is 0 Å². The molecular formula is C31H44N4O3. The highest BCUT2D eigenvalue weighted by Crippen LogP contribution is 2.19. The van der Waals surface area contributed by atoms with Crippen LogP contribution in [0.2, 0.25) is 0 Å². The summed E-state index contributed by atoms with van der Waals surface area (Å²) >= 11 is 0. The van der Waals surface area contributed by atoms with Gasteiger partial charge in [-0.2, -0.15) is 0 Å². The Kier molecular flexibility index (Phi) is 12.0. The van der Waals surface area contributed by atoms with Crippen LogP contribution in [-0.4, -0.2) is 65.0 Å². The third-order valence-electron chi connectivity index (χ3n) is 7.53. The highest BCUT2D eigenvalue weighted by molar-refractivity contribution is 5.87. The lowest BCUT2D eigenvalue weighted by Gasteiger charge is -2.35. The predicted molar refractivity (Wildman–Crippen MR) is 153 cm³/mol. The van der Waals surface area contributed by atoms with Gasteiger partial charge in [-0.3, -0.25) is 14.6 Å². The van der Waals surface area contributed by atoms with Crippen molar-refractivity contribution < 1.29 is 14.7 Å². The fourth-order valence-electron chi connectivity index (χ4n) is 5.22. The lowest BCUT2D eigenvalue weighted by atomic mass is 9.95. The molecule has 7 nitrogen and oxygen atoms in total. The Hall–Kier alpha value is -3.00. The van der Waals surface area contributed by atoms with Crippen LogP contribution in [0, 0.1) is 5.92 Å². The zero-order valence-electron chi connectivity index (χ0n) is 22.9. The Morgan fingerprint density at radius 2 is 1.79 bits per heavy atom. The van der Waals surface area contributed by atoms with Crippen LogP contribution in [0.3, 0.4) is 0 Å². The van der Waals surface area contributed by atoms with Gasteiger partial charge in [0.05, 0.1) is 11.6 Å². The fourth-order valence-corrected chi connectivity index (χ4v) is 5.22. The van der Waals surface area contributed by atoms with Gasteiger partial charge in [-0.1, -0.05) is 61.5 Å². The van der Waals surface area contributed by atoms with E-state index in [1.54, 1.807) is 12.1 Å².